The molecule has 0 saturated heterocycles. The number of nitriles is 1. The van der Waals surface area contributed by atoms with E-state index < -0.39 is 0 Å². The molecule has 0 aliphatic carbocycles. The van der Waals surface area contributed by atoms with E-state index >= 15 is 0 Å². The van der Waals surface area contributed by atoms with Crippen molar-refractivity contribution in [1.82, 2.24) is 9.97 Å². The van der Waals surface area contributed by atoms with Crippen molar-refractivity contribution in [2.75, 3.05) is 26.6 Å². The third-order valence-corrected chi connectivity index (χ3v) is 5.33. The summed E-state index contributed by atoms with van der Waals surface area (Å²) in [7, 11) is 4.70. The van der Waals surface area contributed by atoms with E-state index in [0.29, 0.717) is 33.8 Å². The maximum absolute atomic E-state index is 9.42. The number of nitrogens with one attached hydrogen (secondary N) is 1. The summed E-state index contributed by atoms with van der Waals surface area (Å²) in [6.45, 7) is 6.01. The number of anilines is 1. The highest BCUT2D eigenvalue weighted by Crippen LogP contribution is 2.42. The minimum absolute atomic E-state index is 0.177. The first-order valence-electron chi connectivity index (χ1n) is 8.71. The monoisotopic (exact) mass is 398 g/mol. The van der Waals surface area contributed by atoms with Gasteiger partial charge in [-0.1, -0.05) is 0 Å². The molecule has 2 aromatic heterocycles. The topological polar surface area (TPSA) is 89.3 Å². The SMILES string of the molecule is COc1cc(-c2nc(NC(C)C)c3c(C)c(C#N)sc3n2)cc(OC)c1OC. The highest BCUT2D eigenvalue weighted by molar-refractivity contribution is 7.19. The van der Waals surface area contributed by atoms with Crippen molar-refractivity contribution in [1.29, 1.82) is 5.26 Å². The smallest absolute Gasteiger partial charge is 0.203 e. The van der Waals surface area contributed by atoms with Crippen LogP contribution in [0.1, 0.15) is 24.3 Å². The summed E-state index contributed by atoms with van der Waals surface area (Å²) in [5.41, 5.74) is 1.62. The minimum Gasteiger partial charge on any atom is -0.493 e. The van der Waals surface area contributed by atoms with Crippen LogP contribution in [0.3, 0.4) is 0 Å². The van der Waals surface area contributed by atoms with Gasteiger partial charge in [-0.25, -0.2) is 9.97 Å². The van der Waals surface area contributed by atoms with Gasteiger partial charge in [0.05, 0.1) is 26.7 Å². The van der Waals surface area contributed by atoms with Crippen LogP contribution in [-0.4, -0.2) is 37.3 Å². The largest absolute Gasteiger partial charge is 0.493 e. The third-order valence-electron chi connectivity index (χ3n) is 4.24. The Bertz CT molecular complexity index is 1040. The Hall–Kier alpha value is -3.05. The Labute approximate surface area is 167 Å². The zero-order valence-electron chi connectivity index (χ0n) is 16.7. The quantitative estimate of drug-likeness (QED) is 0.659. The van der Waals surface area contributed by atoms with Crippen LogP contribution < -0.4 is 19.5 Å². The molecule has 8 heteroatoms. The summed E-state index contributed by atoms with van der Waals surface area (Å²) in [4.78, 5) is 10.9. The molecule has 0 fully saturated rings. The molecule has 0 amide bonds. The van der Waals surface area contributed by atoms with Gasteiger partial charge >= 0.3 is 0 Å². The van der Waals surface area contributed by atoms with Crippen LogP contribution >= 0.6 is 11.3 Å². The number of benzene rings is 1. The molecule has 0 atom stereocenters. The molecule has 0 aliphatic rings. The fraction of sp³-hybridized carbons (Fsp3) is 0.350. The van der Waals surface area contributed by atoms with Gasteiger partial charge in [0.2, 0.25) is 5.75 Å². The van der Waals surface area contributed by atoms with Gasteiger partial charge in [0.25, 0.3) is 0 Å². The van der Waals surface area contributed by atoms with Crippen LogP contribution in [0.4, 0.5) is 5.82 Å². The van der Waals surface area contributed by atoms with Crippen LogP contribution in [0.25, 0.3) is 21.6 Å². The molecule has 0 spiro atoms. The van der Waals surface area contributed by atoms with Crippen LogP contribution in [0, 0.1) is 18.3 Å². The van der Waals surface area contributed by atoms with E-state index in [1.807, 2.05) is 32.9 Å². The van der Waals surface area contributed by atoms with Gasteiger partial charge in [-0.05, 0) is 38.5 Å². The van der Waals surface area contributed by atoms with Gasteiger partial charge in [-0.15, -0.1) is 11.3 Å². The molecule has 3 rings (SSSR count). The first-order chi connectivity index (χ1) is 13.4. The van der Waals surface area contributed by atoms with Crippen molar-refractivity contribution in [2.24, 2.45) is 0 Å². The second kappa shape index (κ2) is 7.90. The average Bonchev–Trinajstić information content (AvgIpc) is 3.02. The summed E-state index contributed by atoms with van der Waals surface area (Å²) in [5.74, 6) is 2.78. The van der Waals surface area contributed by atoms with Crippen LogP contribution in [0.15, 0.2) is 12.1 Å². The van der Waals surface area contributed by atoms with Crippen molar-refractivity contribution >= 4 is 27.4 Å². The molecule has 1 N–H and O–H groups in total. The van der Waals surface area contributed by atoms with E-state index in [4.69, 9.17) is 24.2 Å². The number of ether oxygens (including phenoxy) is 3. The second-order valence-corrected chi connectivity index (χ2v) is 7.46. The van der Waals surface area contributed by atoms with Crippen molar-refractivity contribution in [2.45, 2.75) is 26.8 Å². The maximum atomic E-state index is 9.42. The number of rotatable bonds is 6. The van der Waals surface area contributed by atoms with Gasteiger partial charge in [0.1, 0.15) is 21.6 Å². The van der Waals surface area contributed by atoms with E-state index in [1.165, 1.54) is 11.3 Å². The van der Waals surface area contributed by atoms with Crippen molar-refractivity contribution in [3.05, 3.63) is 22.6 Å². The lowest BCUT2D eigenvalue weighted by Gasteiger charge is -2.15. The molecule has 0 bridgehead atoms. The number of aromatic nitrogens is 2. The fourth-order valence-corrected chi connectivity index (χ4v) is 3.94. The maximum Gasteiger partial charge on any atom is 0.203 e. The molecule has 1 aromatic carbocycles. The highest BCUT2D eigenvalue weighted by atomic mass is 32.1. The van der Waals surface area contributed by atoms with Gasteiger partial charge in [-0.2, -0.15) is 5.26 Å². The summed E-state index contributed by atoms with van der Waals surface area (Å²) < 4.78 is 16.3. The van der Waals surface area contributed by atoms with Crippen LogP contribution in [0.2, 0.25) is 0 Å². The van der Waals surface area contributed by atoms with E-state index in [2.05, 4.69) is 11.4 Å². The summed E-state index contributed by atoms with van der Waals surface area (Å²) in [6.07, 6.45) is 0. The van der Waals surface area contributed by atoms with Crippen LogP contribution in [-0.2, 0) is 0 Å². The molecule has 146 valence electrons. The Morgan fingerprint density at radius 2 is 1.71 bits per heavy atom. The molecule has 0 unspecified atom stereocenters. The van der Waals surface area contributed by atoms with Crippen LogP contribution in [0.5, 0.6) is 17.2 Å². The van der Waals surface area contributed by atoms with Crippen molar-refractivity contribution in [3.8, 4) is 34.7 Å². The predicted octanol–water partition coefficient (Wildman–Crippen LogP) is 4.38. The first kappa shape index (κ1) is 19.7. The van der Waals surface area contributed by atoms with E-state index in [0.717, 1.165) is 21.3 Å². The molecule has 3 aromatic rings. The molecular weight excluding hydrogens is 376 g/mol. The lowest BCUT2D eigenvalue weighted by atomic mass is 10.1. The van der Waals surface area contributed by atoms with Crippen molar-refractivity contribution in [3.63, 3.8) is 0 Å². The number of hydrogen-bond acceptors (Lipinski definition) is 8. The number of nitrogens with zero attached hydrogens (tertiary/aromatic N) is 3. The molecule has 0 radical (unpaired) electrons. The standard InChI is InChI=1S/C20H22N4O3S/c1-10(2)22-19-16-11(3)15(9-21)28-20(16)24-18(23-19)12-7-13(25-4)17(27-6)14(8-12)26-5/h7-8,10H,1-6H3,(H,22,23,24). The molecular formula is C20H22N4O3S. The molecule has 7 nitrogen and oxygen atoms in total. The molecule has 0 saturated carbocycles. The number of aryl methyl sites for hydroxylation is 1. The number of methoxy groups -OCH3 is 3. The Morgan fingerprint density at radius 3 is 2.21 bits per heavy atom. The fourth-order valence-electron chi connectivity index (χ4n) is 2.96. The van der Waals surface area contributed by atoms with E-state index in [9.17, 15) is 5.26 Å². The predicted molar refractivity (Wildman–Crippen MR) is 111 cm³/mol. The number of thiophene rings is 1. The minimum atomic E-state index is 0.177. The van der Waals surface area contributed by atoms with Gasteiger partial charge in [0.15, 0.2) is 17.3 Å². The Morgan fingerprint density at radius 1 is 1.07 bits per heavy atom. The van der Waals surface area contributed by atoms with Gasteiger partial charge in [0, 0.05) is 11.6 Å². The first-order valence-corrected chi connectivity index (χ1v) is 9.53. The summed E-state index contributed by atoms with van der Waals surface area (Å²) in [6, 6.07) is 6.04. The lowest BCUT2D eigenvalue weighted by molar-refractivity contribution is 0.324. The molecule has 2 heterocycles. The zero-order valence-corrected chi connectivity index (χ0v) is 17.5. The second-order valence-electron chi connectivity index (χ2n) is 6.46. The number of hydrogen-bond donors (Lipinski definition) is 1. The third kappa shape index (κ3) is 3.41. The lowest BCUT2D eigenvalue weighted by Crippen LogP contribution is -2.12. The Kier molecular flexibility index (Phi) is 5.56. The van der Waals surface area contributed by atoms with Crippen molar-refractivity contribution < 1.29 is 14.2 Å². The van der Waals surface area contributed by atoms with Gasteiger partial charge < -0.3 is 19.5 Å². The normalized spacial score (nSPS) is 10.8. The summed E-state index contributed by atoms with van der Waals surface area (Å²) >= 11 is 1.36. The van der Waals surface area contributed by atoms with E-state index in [-0.39, 0.29) is 6.04 Å². The zero-order chi connectivity index (χ0) is 20.4. The Balaban J connectivity index is 2.28. The average molecular weight is 398 g/mol. The van der Waals surface area contributed by atoms with Gasteiger partial charge in [-0.3, -0.25) is 0 Å². The highest BCUT2D eigenvalue weighted by Gasteiger charge is 2.20. The number of fused-ring (bicyclic) bond motifs is 1. The molecule has 0 aliphatic heterocycles. The molecule has 28 heavy (non-hydrogen) atoms. The summed E-state index contributed by atoms with van der Waals surface area (Å²) in [5, 5.41) is 13.7. The van der Waals surface area contributed by atoms with E-state index in [1.54, 1.807) is 21.3 Å².